The van der Waals surface area contributed by atoms with Crippen LogP contribution in [0.3, 0.4) is 0 Å². The highest BCUT2D eigenvalue weighted by atomic mass is 16.1. The molecule has 4 heteroatoms. The summed E-state index contributed by atoms with van der Waals surface area (Å²) in [7, 11) is 0. The van der Waals surface area contributed by atoms with E-state index in [1.54, 1.807) is 0 Å². The molecule has 0 saturated carbocycles. The lowest BCUT2D eigenvalue weighted by molar-refractivity contribution is 0.0988. The van der Waals surface area contributed by atoms with Crippen LogP contribution in [0.1, 0.15) is 20.7 Å². The van der Waals surface area contributed by atoms with E-state index in [1.807, 2.05) is 0 Å². The molecule has 12 heavy (non-hydrogen) atoms. The fourth-order valence-electron chi connectivity index (χ4n) is 0.731. The number of benzene rings is 1. The van der Waals surface area contributed by atoms with E-state index >= 15 is 0 Å². The Hall–Kier alpha value is -1.84. The number of hydrogen-bond donors (Lipinski definition) is 2. The first-order chi connectivity index (χ1) is 5.61. The largest absolute Gasteiger partial charge is 0.366 e. The number of amides is 2. The number of hydrogen-bond acceptors (Lipinski definition) is 2. The van der Waals surface area contributed by atoms with Crippen LogP contribution < -0.4 is 11.5 Å². The molecule has 4 nitrogen and oxygen atoms in total. The average molecular weight is 163 g/mol. The molecule has 0 aliphatic heterocycles. The molecule has 0 heterocycles. The fourth-order valence-corrected chi connectivity index (χ4v) is 0.731. The van der Waals surface area contributed by atoms with Gasteiger partial charge in [-0.25, -0.2) is 0 Å². The zero-order valence-corrected chi connectivity index (χ0v) is 6.20. The number of rotatable bonds is 2. The van der Waals surface area contributed by atoms with E-state index in [2.05, 4.69) is 6.07 Å². The van der Waals surface area contributed by atoms with Gasteiger partial charge in [0.1, 0.15) is 0 Å². The van der Waals surface area contributed by atoms with Crippen LogP contribution in [0.2, 0.25) is 0 Å². The summed E-state index contributed by atoms with van der Waals surface area (Å²) in [5.74, 6) is -1.13. The summed E-state index contributed by atoms with van der Waals surface area (Å²) in [5.41, 5.74) is 10.5. The number of nitrogens with two attached hydrogens (primary N) is 2. The predicted octanol–water partition coefficient (Wildman–Crippen LogP) is -0.315. The molecule has 0 atom stereocenters. The summed E-state index contributed by atoms with van der Waals surface area (Å²) >= 11 is 0. The molecule has 61 valence electrons. The summed E-state index contributed by atoms with van der Waals surface area (Å²) in [4.78, 5) is 21.1. The zero-order chi connectivity index (χ0) is 9.14. The molecule has 0 aliphatic rings. The topological polar surface area (TPSA) is 86.2 Å². The van der Waals surface area contributed by atoms with Gasteiger partial charge in [-0.1, -0.05) is 0 Å². The third-order valence-electron chi connectivity index (χ3n) is 1.36. The molecule has 1 aromatic carbocycles. The van der Waals surface area contributed by atoms with E-state index in [1.165, 1.54) is 18.2 Å². The summed E-state index contributed by atoms with van der Waals surface area (Å²) in [5, 5.41) is 0. The number of carbonyl (C=O) groups is 2. The minimum absolute atomic E-state index is 0.236. The molecule has 0 saturated heterocycles. The van der Waals surface area contributed by atoms with Gasteiger partial charge in [-0.2, -0.15) is 0 Å². The van der Waals surface area contributed by atoms with E-state index < -0.39 is 11.8 Å². The molecule has 1 rings (SSSR count). The molecule has 0 aromatic heterocycles. The molecule has 1 radical (unpaired) electrons. The summed E-state index contributed by atoms with van der Waals surface area (Å²) in [6.07, 6.45) is 0. The minimum atomic E-state index is -0.578. The normalized spacial score (nSPS) is 9.33. The van der Waals surface area contributed by atoms with Crippen molar-refractivity contribution >= 4 is 11.8 Å². The standard InChI is InChI=1S/C8H7N2O2/c9-7(11)5-1-2-6(4-3-5)8(10)12/h1-3H,(H2,9,11)(H2,10,12). The Bertz CT molecular complexity index is 283. The Balaban J connectivity index is 3.01. The van der Waals surface area contributed by atoms with Gasteiger partial charge in [0.05, 0.1) is 0 Å². The molecule has 0 aliphatic carbocycles. The highest BCUT2D eigenvalue weighted by molar-refractivity contribution is 5.96. The van der Waals surface area contributed by atoms with Crippen LogP contribution in [-0.4, -0.2) is 11.8 Å². The Morgan fingerprint density at radius 1 is 1.17 bits per heavy atom. The van der Waals surface area contributed by atoms with Crippen molar-refractivity contribution in [2.45, 2.75) is 0 Å². The summed E-state index contributed by atoms with van der Waals surface area (Å²) in [6, 6.07) is 6.71. The lowest BCUT2D eigenvalue weighted by Crippen LogP contribution is -2.13. The van der Waals surface area contributed by atoms with Crippen LogP contribution in [0, 0.1) is 6.07 Å². The SMILES string of the molecule is NC(=O)c1[c]cc(C(N)=O)cc1. The Morgan fingerprint density at radius 3 is 2.17 bits per heavy atom. The van der Waals surface area contributed by atoms with Crippen molar-refractivity contribution in [2.24, 2.45) is 11.5 Å². The molecule has 0 spiro atoms. The molecule has 0 bridgehead atoms. The quantitative estimate of drug-likeness (QED) is 0.626. The Labute approximate surface area is 69.2 Å². The van der Waals surface area contributed by atoms with Gasteiger partial charge in [-0.15, -0.1) is 0 Å². The van der Waals surface area contributed by atoms with Crippen LogP contribution in [0.25, 0.3) is 0 Å². The lowest BCUT2D eigenvalue weighted by Gasteiger charge is -1.95. The highest BCUT2D eigenvalue weighted by Crippen LogP contribution is 2.01. The van der Waals surface area contributed by atoms with Crippen molar-refractivity contribution in [3.05, 3.63) is 35.4 Å². The van der Waals surface area contributed by atoms with E-state index in [0.717, 1.165) is 0 Å². The van der Waals surface area contributed by atoms with Crippen molar-refractivity contribution < 1.29 is 9.59 Å². The first-order valence-corrected chi connectivity index (χ1v) is 3.22. The Kier molecular flexibility index (Phi) is 2.09. The Morgan fingerprint density at radius 2 is 1.83 bits per heavy atom. The van der Waals surface area contributed by atoms with Crippen molar-refractivity contribution in [1.82, 2.24) is 0 Å². The summed E-state index contributed by atoms with van der Waals surface area (Å²) in [6.45, 7) is 0. The van der Waals surface area contributed by atoms with Crippen LogP contribution >= 0.6 is 0 Å². The molecule has 4 N–H and O–H groups in total. The van der Waals surface area contributed by atoms with Gasteiger partial charge in [0.25, 0.3) is 0 Å². The van der Waals surface area contributed by atoms with Gasteiger partial charge in [0.15, 0.2) is 0 Å². The first kappa shape index (κ1) is 8.26. The fraction of sp³-hybridized carbons (Fsp3) is 0. The maximum absolute atomic E-state index is 10.6. The second kappa shape index (κ2) is 3.04. The number of carbonyl (C=O) groups excluding carboxylic acids is 2. The monoisotopic (exact) mass is 163 g/mol. The highest BCUT2D eigenvalue weighted by Gasteiger charge is 2.02. The van der Waals surface area contributed by atoms with Crippen LogP contribution in [0.4, 0.5) is 0 Å². The van der Waals surface area contributed by atoms with Crippen molar-refractivity contribution in [2.75, 3.05) is 0 Å². The molecule has 2 amide bonds. The van der Waals surface area contributed by atoms with Gasteiger partial charge >= 0.3 is 0 Å². The smallest absolute Gasteiger partial charge is 0.249 e. The predicted molar refractivity (Wildman–Crippen MR) is 42.3 cm³/mol. The minimum Gasteiger partial charge on any atom is -0.366 e. The first-order valence-electron chi connectivity index (χ1n) is 3.22. The second-order valence-corrected chi connectivity index (χ2v) is 2.22. The van der Waals surface area contributed by atoms with Crippen molar-refractivity contribution in [1.29, 1.82) is 0 Å². The van der Waals surface area contributed by atoms with E-state index in [-0.39, 0.29) is 5.56 Å². The van der Waals surface area contributed by atoms with Gasteiger partial charge in [-0.3, -0.25) is 9.59 Å². The van der Waals surface area contributed by atoms with Crippen molar-refractivity contribution in [3.63, 3.8) is 0 Å². The molecule has 0 fully saturated rings. The third kappa shape index (κ3) is 1.60. The zero-order valence-electron chi connectivity index (χ0n) is 6.20. The van der Waals surface area contributed by atoms with Crippen LogP contribution in [-0.2, 0) is 0 Å². The molecular weight excluding hydrogens is 156 g/mol. The maximum Gasteiger partial charge on any atom is 0.249 e. The molecule has 1 aromatic rings. The lowest BCUT2D eigenvalue weighted by atomic mass is 10.1. The number of primary amides is 2. The van der Waals surface area contributed by atoms with E-state index in [0.29, 0.717) is 5.56 Å². The van der Waals surface area contributed by atoms with Crippen molar-refractivity contribution in [3.8, 4) is 0 Å². The maximum atomic E-state index is 10.6. The van der Waals surface area contributed by atoms with Crippen LogP contribution in [0.15, 0.2) is 18.2 Å². The average Bonchev–Trinajstić information content (AvgIpc) is 2.04. The van der Waals surface area contributed by atoms with Gasteiger partial charge < -0.3 is 11.5 Å². The third-order valence-corrected chi connectivity index (χ3v) is 1.36. The van der Waals surface area contributed by atoms with E-state index in [4.69, 9.17) is 11.5 Å². The summed E-state index contributed by atoms with van der Waals surface area (Å²) < 4.78 is 0. The molecule has 0 unspecified atom stereocenters. The van der Waals surface area contributed by atoms with E-state index in [9.17, 15) is 9.59 Å². The second-order valence-electron chi connectivity index (χ2n) is 2.22. The van der Waals surface area contributed by atoms with Gasteiger partial charge in [0, 0.05) is 11.1 Å². The van der Waals surface area contributed by atoms with Crippen LogP contribution in [0.5, 0.6) is 0 Å². The van der Waals surface area contributed by atoms with Gasteiger partial charge in [0.2, 0.25) is 11.8 Å². The van der Waals surface area contributed by atoms with Gasteiger partial charge in [-0.05, 0) is 24.3 Å². The molecular formula is C8H7N2O2.